The number of ether oxygens (including phenoxy) is 2. The molecule has 0 radical (unpaired) electrons. The van der Waals surface area contributed by atoms with Gasteiger partial charge in [0.2, 0.25) is 0 Å². The van der Waals surface area contributed by atoms with E-state index in [1.807, 2.05) is 20.8 Å². The van der Waals surface area contributed by atoms with Crippen LogP contribution in [0.3, 0.4) is 0 Å². The zero-order chi connectivity index (χ0) is 16.4. The van der Waals surface area contributed by atoms with Crippen molar-refractivity contribution in [2.75, 3.05) is 53.0 Å². The topological polar surface area (TPSA) is 62.8 Å². The second-order valence-electron chi connectivity index (χ2n) is 6.88. The zero-order valence-electron chi connectivity index (χ0n) is 14.6. The smallest absolute Gasteiger partial charge is 0.410 e. The molecule has 1 aliphatic heterocycles. The Labute approximate surface area is 134 Å². The first kappa shape index (κ1) is 19.2. The summed E-state index contributed by atoms with van der Waals surface area (Å²) in [6, 6.07) is 0. The minimum atomic E-state index is -0.469. The Morgan fingerprint density at radius 2 is 2.14 bits per heavy atom. The lowest BCUT2D eigenvalue weighted by Crippen LogP contribution is -2.43. The number of carbonyl (C=O) groups excluding carboxylic acids is 1. The number of rotatable bonds is 8. The first-order valence-electron chi connectivity index (χ1n) is 8.30. The molecule has 6 heteroatoms. The Balaban J connectivity index is 2.29. The molecule has 1 unspecified atom stereocenters. The van der Waals surface area contributed by atoms with Crippen molar-refractivity contribution in [2.24, 2.45) is 5.92 Å². The zero-order valence-corrected chi connectivity index (χ0v) is 14.6. The number of hydrogen-bond donors (Lipinski definition) is 2. The fraction of sp³-hybridized carbons (Fsp3) is 0.938. The maximum absolute atomic E-state index is 12.2. The third-order valence-corrected chi connectivity index (χ3v) is 3.61. The lowest BCUT2D eigenvalue weighted by molar-refractivity contribution is 0.0204. The summed E-state index contributed by atoms with van der Waals surface area (Å²) in [6.07, 6.45) is 2.26. The summed E-state index contributed by atoms with van der Waals surface area (Å²) in [4.78, 5) is 13.9. The van der Waals surface area contributed by atoms with Crippen LogP contribution in [0.4, 0.5) is 4.79 Å². The Morgan fingerprint density at radius 1 is 1.36 bits per heavy atom. The second-order valence-corrected chi connectivity index (χ2v) is 6.88. The molecule has 1 atom stereocenters. The van der Waals surface area contributed by atoms with Crippen LogP contribution >= 0.6 is 0 Å². The van der Waals surface area contributed by atoms with Crippen LogP contribution in [0.5, 0.6) is 0 Å². The Hall–Kier alpha value is -0.850. The molecule has 6 nitrogen and oxygen atoms in total. The Kier molecular flexibility index (Phi) is 8.75. The third kappa shape index (κ3) is 8.56. The number of piperidine rings is 1. The van der Waals surface area contributed by atoms with Crippen LogP contribution in [0.15, 0.2) is 0 Å². The van der Waals surface area contributed by atoms with E-state index < -0.39 is 5.60 Å². The standard InChI is InChI=1S/C16H33N3O3/c1-16(2,3)22-15(20)19(10-11-21-4)9-8-18-13-14-6-5-7-17-12-14/h14,17-18H,5-13H2,1-4H3. The van der Waals surface area contributed by atoms with Gasteiger partial charge >= 0.3 is 6.09 Å². The second kappa shape index (κ2) is 10.0. The molecule has 2 N–H and O–H groups in total. The molecule has 1 heterocycles. The number of amides is 1. The van der Waals surface area contributed by atoms with Crippen molar-refractivity contribution in [1.29, 1.82) is 0 Å². The minimum Gasteiger partial charge on any atom is -0.444 e. The first-order valence-corrected chi connectivity index (χ1v) is 8.30. The summed E-state index contributed by atoms with van der Waals surface area (Å²) in [5, 5.41) is 6.86. The van der Waals surface area contributed by atoms with Gasteiger partial charge in [-0.15, -0.1) is 0 Å². The molecule has 0 spiro atoms. The highest BCUT2D eigenvalue weighted by Crippen LogP contribution is 2.10. The Morgan fingerprint density at radius 3 is 2.73 bits per heavy atom. The van der Waals surface area contributed by atoms with Crippen LogP contribution in [0.1, 0.15) is 33.6 Å². The SMILES string of the molecule is COCCN(CCNCC1CCCNC1)C(=O)OC(C)(C)C. The first-order chi connectivity index (χ1) is 10.4. The molecule has 1 rings (SSSR count). The van der Waals surface area contributed by atoms with Crippen LogP contribution in [-0.2, 0) is 9.47 Å². The van der Waals surface area contributed by atoms with Gasteiger partial charge in [-0.3, -0.25) is 0 Å². The van der Waals surface area contributed by atoms with E-state index in [1.165, 1.54) is 12.8 Å². The van der Waals surface area contributed by atoms with E-state index in [9.17, 15) is 4.79 Å². The van der Waals surface area contributed by atoms with Crippen LogP contribution in [0.2, 0.25) is 0 Å². The van der Waals surface area contributed by atoms with Crippen molar-refractivity contribution >= 4 is 6.09 Å². The fourth-order valence-corrected chi connectivity index (χ4v) is 2.44. The molecular formula is C16H33N3O3. The molecule has 0 bridgehead atoms. The van der Waals surface area contributed by atoms with E-state index >= 15 is 0 Å². The van der Waals surface area contributed by atoms with E-state index in [-0.39, 0.29) is 6.09 Å². The van der Waals surface area contributed by atoms with Gasteiger partial charge in [0.25, 0.3) is 0 Å². The summed E-state index contributed by atoms with van der Waals surface area (Å²) in [5.74, 6) is 0.697. The lowest BCUT2D eigenvalue weighted by atomic mass is 10.00. The van der Waals surface area contributed by atoms with Gasteiger partial charge in [0.05, 0.1) is 6.61 Å². The summed E-state index contributed by atoms with van der Waals surface area (Å²) in [5.41, 5.74) is -0.469. The van der Waals surface area contributed by atoms with Gasteiger partial charge in [-0.2, -0.15) is 0 Å². The molecule has 0 aromatic carbocycles. The molecule has 1 saturated heterocycles. The quantitative estimate of drug-likeness (QED) is 0.664. The van der Waals surface area contributed by atoms with E-state index in [0.29, 0.717) is 25.6 Å². The Bertz CT molecular complexity index is 312. The summed E-state index contributed by atoms with van der Waals surface area (Å²) >= 11 is 0. The maximum atomic E-state index is 12.2. The molecule has 0 aliphatic carbocycles. The van der Waals surface area contributed by atoms with E-state index in [2.05, 4.69) is 10.6 Å². The number of carbonyl (C=O) groups is 1. The van der Waals surface area contributed by atoms with E-state index in [4.69, 9.17) is 9.47 Å². The number of methoxy groups -OCH3 is 1. The van der Waals surface area contributed by atoms with Crippen molar-refractivity contribution < 1.29 is 14.3 Å². The minimum absolute atomic E-state index is 0.273. The molecule has 22 heavy (non-hydrogen) atoms. The van der Waals surface area contributed by atoms with Crippen molar-refractivity contribution in [1.82, 2.24) is 15.5 Å². The lowest BCUT2D eigenvalue weighted by Gasteiger charge is -2.28. The summed E-state index contributed by atoms with van der Waals surface area (Å²) in [7, 11) is 1.64. The molecule has 1 fully saturated rings. The van der Waals surface area contributed by atoms with Gasteiger partial charge in [0, 0.05) is 26.7 Å². The van der Waals surface area contributed by atoms with Gasteiger partial charge < -0.3 is 25.0 Å². The van der Waals surface area contributed by atoms with Gasteiger partial charge in [-0.1, -0.05) is 0 Å². The average Bonchev–Trinajstić information content (AvgIpc) is 2.45. The highest BCUT2D eigenvalue weighted by Gasteiger charge is 2.21. The highest BCUT2D eigenvalue weighted by molar-refractivity contribution is 5.68. The monoisotopic (exact) mass is 315 g/mol. The molecule has 130 valence electrons. The summed E-state index contributed by atoms with van der Waals surface area (Å²) in [6.45, 7) is 11.4. The fourth-order valence-electron chi connectivity index (χ4n) is 2.44. The molecule has 1 amide bonds. The van der Waals surface area contributed by atoms with E-state index in [0.717, 1.165) is 26.2 Å². The summed E-state index contributed by atoms with van der Waals surface area (Å²) < 4.78 is 10.5. The average molecular weight is 315 g/mol. The predicted octanol–water partition coefficient (Wildman–Crippen LogP) is 1.46. The van der Waals surface area contributed by atoms with Crippen molar-refractivity contribution in [3.8, 4) is 0 Å². The van der Waals surface area contributed by atoms with Gasteiger partial charge in [0.1, 0.15) is 5.60 Å². The van der Waals surface area contributed by atoms with Gasteiger partial charge in [-0.05, 0) is 59.2 Å². The van der Waals surface area contributed by atoms with Gasteiger partial charge in [-0.25, -0.2) is 4.79 Å². The third-order valence-electron chi connectivity index (χ3n) is 3.61. The molecule has 1 aliphatic rings. The van der Waals surface area contributed by atoms with Crippen LogP contribution in [-0.4, -0.2) is 69.6 Å². The van der Waals surface area contributed by atoms with Crippen molar-refractivity contribution in [3.63, 3.8) is 0 Å². The highest BCUT2D eigenvalue weighted by atomic mass is 16.6. The number of hydrogen-bond acceptors (Lipinski definition) is 5. The van der Waals surface area contributed by atoms with Gasteiger partial charge in [0.15, 0.2) is 0 Å². The van der Waals surface area contributed by atoms with Crippen LogP contribution < -0.4 is 10.6 Å². The molecule has 0 aromatic heterocycles. The number of nitrogens with zero attached hydrogens (tertiary/aromatic N) is 1. The van der Waals surface area contributed by atoms with Crippen molar-refractivity contribution in [3.05, 3.63) is 0 Å². The largest absolute Gasteiger partial charge is 0.444 e. The van der Waals surface area contributed by atoms with E-state index in [1.54, 1.807) is 12.0 Å². The number of nitrogens with one attached hydrogen (secondary N) is 2. The van der Waals surface area contributed by atoms with Crippen LogP contribution in [0.25, 0.3) is 0 Å². The van der Waals surface area contributed by atoms with Crippen LogP contribution in [0, 0.1) is 5.92 Å². The molecule has 0 saturated carbocycles. The van der Waals surface area contributed by atoms with Crippen molar-refractivity contribution in [2.45, 2.75) is 39.2 Å². The predicted molar refractivity (Wildman–Crippen MR) is 88.1 cm³/mol. The molecule has 0 aromatic rings. The maximum Gasteiger partial charge on any atom is 0.410 e. The normalized spacial score (nSPS) is 19.0. The molecular weight excluding hydrogens is 282 g/mol.